The summed E-state index contributed by atoms with van der Waals surface area (Å²) in [5.74, 6) is 1.08. The average Bonchev–Trinajstić information content (AvgIpc) is 2.67. The number of amides is 2. The molecule has 2 saturated heterocycles. The van der Waals surface area contributed by atoms with Crippen LogP contribution in [0.5, 0.6) is 0 Å². The number of rotatable bonds is 4. The second kappa shape index (κ2) is 8.24. The Morgan fingerprint density at radius 2 is 1.52 bits per heavy atom. The highest BCUT2D eigenvalue weighted by Crippen LogP contribution is 2.11. The predicted octanol–water partition coefficient (Wildman–Crippen LogP) is -0.321. The molecule has 2 amide bonds. The molecule has 25 heavy (non-hydrogen) atoms. The topological polar surface area (TPSA) is 72.9 Å². The van der Waals surface area contributed by atoms with Gasteiger partial charge in [0, 0.05) is 84.6 Å². The number of anilines is 1. The maximum atomic E-state index is 12.4. The summed E-state index contributed by atoms with van der Waals surface area (Å²) in [4.78, 5) is 40.5. The fourth-order valence-corrected chi connectivity index (χ4v) is 3.31. The number of hydrogen-bond acceptors (Lipinski definition) is 6. The Hall–Kier alpha value is -2.22. The lowest BCUT2D eigenvalue weighted by Gasteiger charge is -2.36. The van der Waals surface area contributed by atoms with Gasteiger partial charge in [0.05, 0.1) is 0 Å². The van der Waals surface area contributed by atoms with Gasteiger partial charge in [0.25, 0.3) is 0 Å². The fourth-order valence-electron chi connectivity index (χ4n) is 3.31. The normalized spacial score (nSPS) is 19.2. The molecule has 2 fully saturated rings. The van der Waals surface area contributed by atoms with Crippen LogP contribution in [-0.2, 0) is 9.59 Å². The minimum absolute atomic E-state index is 0.135. The Balaban J connectivity index is 1.38. The third kappa shape index (κ3) is 4.66. The van der Waals surface area contributed by atoms with Crippen LogP contribution < -0.4 is 4.90 Å². The van der Waals surface area contributed by atoms with Gasteiger partial charge in [-0.3, -0.25) is 14.5 Å². The van der Waals surface area contributed by atoms with Crippen LogP contribution in [0.25, 0.3) is 0 Å². The predicted molar refractivity (Wildman–Crippen MR) is 94.1 cm³/mol. The van der Waals surface area contributed by atoms with E-state index >= 15 is 0 Å². The van der Waals surface area contributed by atoms with E-state index in [0.29, 0.717) is 6.42 Å². The number of hydrogen-bond donors (Lipinski definition) is 0. The first-order chi connectivity index (χ1) is 12.1. The number of carbonyl (C=O) groups excluding carboxylic acids is 2. The summed E-state index contributed by atoms with van der Waals surface area (Å²) < 4.78 is 0. The van der Waals surface area contributed by atoms with Crippen LogP contribution in [0.15, 0.2) is 18.5 Å². The quantitative estimate of drug-likeness (QED) is 0.744. The first-order valence-corrected chi connectivity index (χ1v) is 8.91. The zero-order valence-corrected chi connectivity index (χ0v) is 14.8. The summed E-state index contributed by atoms with van der Waals surface area (Å²) in [5, 5.41) is 0. The number of nitrogens with zero attached hydrogens (tertiary/aromatic N) is 6. The standard InChI is InChI=1S/C17H26N6O2/c1-15(24)21-9-7-20(8-10-21)6-3-16(25)22-11-13-23(14-12-22)17-18-4-2-5-19-17/h2,4-5H,3,6-14H2,1H3. The van der Waals surface area contributed by atoms with Crippen molar-refractivity contribution < 1.29 is 9.59 Å². The highest BCUT2D eigenvalue weighted by molar-refractivity contribution is 5.76. The molecule has 0 radical (unpaired) electrons. The molecular formula is C17H26N6O2. The number of aromatic nitrogens is 2. The Kier molecular flexibility index (Phi) is 5.80. The van der Waals surface area contributed by atoms with E-state index in [-0.39, 0.29) is 11.8 Å². The zero-order chi connectivity index (χ0) is 17.6. The van der Waals surface area contributed by atoms with Crippen molar-refractivity contribution in [1.29, 1.82) is 0 Å². The zero-order valence-electron chi connectivity index (χ0n) is 14.8. The lowest BCUT2D eigenvalue weighted by molar-refractivity contribution is -0.133. The summed E-state index contributed by atoms with van der Waals surface area (Å²) in [7, 11) is 0. The second-order valence-electron chi connectivity index (χ2n) is 6.51. The molecule has 0 unspecified atom stereocenters. The Bertz CT molecular complexity index is 580. The van der Waals surface area contributed by atoms with Crippen LogP contribution in [0.4, 0.5) is 5.95 Å². The molecule has 136 valence electrons. The van der Waals surface area contributed by atoms with E-state index in [4.69, 9.17) is 0 Å². The van der Waals surface area contributed by atoms with Crippen molar-refractivity contribution in [2.24, 2.45) is 0 Å². The van der Waals surface area contributed by atoms with Gasteiger partial charge in [0.15, 0.2) is 0 Å². The van der Waals surface area contributed by atoms with Gasteiger partial charge < -0.3 is 14.7 Å². The number of carbonyl (C=O) groups is 2. The summed E-state index contributed by atoms with van der Waals surface area (Å²) in [5.41, 5.74) is 0. The van der Waals surface area contributed by atoms with E-state index in [2.05, 4.69) is 19.8 Å². The first kappa shape index (κ1) is 17.6. The fraction of sp³-hybridized carbons (Fsp3) is 0.647. The Morgan fingerprint density at radius 3 is 2.12 bits per heavy atom. The lowest BCUT2D eigenvalue weighted by Crippen LogP contribution is -2.51. The van der Waals surface area contributed by atoms with Crippen molar-refractivity contribution in [3.05, 3.63) is 18.5 Å². The van der Waals surface area contributed by atoms with Gasteiger partial charge in [-0.15, -0.1) is 0 Å². The van der Waals surface area contributed by atoms with Crippen LogP contribution in [0.1, 0.15) is 13.3 Å². The first-order valence-electron chi connectivity index (χ1n) is 8.91. The van der Waals surface area contributed by atoms with Gasteiger partial charge in [-0.25, -0.2) is 9.97 Å². The third-order valence-electron chi connectivity index (χ3n) is 4.93. The summed E-state index contributed by atoms with van der Waals surface area (Å²) >= 11 is 0. The molecule has 0 aromatic carbocycles. The van der Waals surface area contributed by atoms with Crippen molar-refractivity contribution in [3.63, 3.8) is 0 Å². The van der Waals surface area contributed by atoms with E-state index < -0.39 is 0 Å². The van der Waals surface area contributed by atoms with Crippen molar-refractivity contribution in [2.75, 3.05) is 63.8 Å². The molecule has 3 heterocycles. The molecule has 0 atom stereocenters. The highest BCUT2D eigenvalue weighted by Gasteiger charge is 2.24. The van der Waals surface area contributed by atoms with Crippen LogP contribution in [0.3, 0.4) is 0 Å². The van der Waals surface area contributed by atoms with Crippen molar-refractivity contribution >= 4 is 17.8 Å². The molecule has 2 aliphatic rings. The largest absolute Gasteiger partial charge is 0.340 e. The molecule has 2 aliphatic heterocycles. The Labute approximate surface area is 148 Å². The maximum absolute atomic E-state index is 12.4. The van der Waals surface area contributed by atoms with Crippen molar-refractivity contribution in [1.82, 2.24) is 24.7 Å². The van der Waals surface area contributed by atoms with Crippen molar-refractivity contribution in [2.45, 2.75) is 13.3 Å². The lowest BCUT2D eigenvalue weighted by atomic mass is 10.2. The minimum atomic E-state index is 0.135. The Morgan fingerprint density at radius 1 is 0.920 bits per heavy atom. The monoisotopic (exact) mass is 346 g/mol. The molecule has 0 bridgehead atoms. The van der Waals surface area contributed by atoms with Gasteiger partial charge in [-0.05, 0) is 6.07 Å². The smallest absolute Gasteiger partial charge is 0.225 e. The summed E-state index contributed by atoms with van der Waals surface area (Å²) in [6.07, 6.45) is 4.03. The maximum Gasteiger partial charge on any atom is 0.225 e. The molecule has 0 N–H and O–H groups in total. The van der Waals surface area contributed by atoms with E-state index in [1.807, 2.05) is 9.80 Å². The van der Waals surface area contributed by atoms with Crippen LogP contribution >= 0.6 is 0 Å². The number of piperazine rings is 2. The van der Waals surface area contributed by atoms with Gasteiger partial charge in [0.1, 0.15) is 0 Å². The second-order valence-corrected chi connectivity index (χ2v) is 6.51. The van der Waals surface area contributed by atoms with Gasteiger partial charge in [-0.1, -0.05) is 0 Å². The van der Waals surface area contributed by atoms with Crippen molar-refractivity contribution in [3.8, 4) is 0 Å². The molecule has 1 aromatic rings. The van der Waals surface area contributed by atoms with Gasteiger partial charge in [0.2, 0.25) is 17.8 Å². The summed E-state index contributed by atoms with van der Waals surface area (Å²) in [6, 6.07) is 1.81. The molecule has 0 aliphatic carbocycles. The van der Waals surface area contributed by atoms with Gasteiger partial charge >= 0.3 is 0 Å². The van der Waals surface area contributed by atoms with Crippen LogP contribution in [-0.4, -0.2) is 95.4 Å². The average molecular weight is 346 g/mol. The molecule has 1 aromatic heterocycles. The molecule has 3 rings (SSSR count). The molecule has 8 heteroatoms. The van der Waals surface area contributed by atoms with E-state index in [0.717, 1.165) is 64.9 Å². The van der Waals surface area contributed by atoms with E-state index in [1.165, 1.54) is 0 Å². The molecule has 0 spiro atoms. The summed E-state index contributed by atoms with van der Waals surface area (Å²) in [6.45, 7) is 8.59. The van der Waals surface area contributed by atoms with Gasteiger partial charge in [-0.2, -0.15) is 0 Å². The minimum Gasteiger partial charge on any atom is -0.340 e. The highest BCUT2D eigenvalue weighted by atomic mass is 16.2. The third-order valence-corrected chi connectivity index (χ3v) is 4.93. The van der Waals surface area contributed by atoms with Crippen LogP contribution in [0.2, 0.25) is 0 Å². The van der Waals surface area contributed by atoms with E-state index in [1.54, 1.807) is 25.4 Å². The molecular weight excluding hydrogens is 320 g/mol. The SMILES string of the molecule is CC(=O)N1CCN(CCC(=O)N2CCN(c3ncccn3)CC2)CC1. The van der Waals surface area contributed by atoms with Crippen LogP contribution in [0, 0.1) is 0 Å². The molecule has 8 nitrogen and oxygen atoms in total. The van der Waals surface area contributed by atoms with E-state index in [9.17, 15) is 9.59 Å². The molecule has 0 saturated carbocycles.